The first-order valence-electron chi connectivity index (χ1n) is 8.76. The SMILES string of the molecule is N#CC1(N2CCCCC2)[C@@H]2CC(N3CCCCC3)C[C@@H]21. The van der Waals surface area contributed by atoms with Gasteiger partial charge in [-0.25, -0.2) is 0 Å². The molecule has 0 aromatic rings. The quantitative estimate of drug-likeness (QED) is 0.775. The highest BCUT2D eigenvalue weighted by molar-refractivity contribution is 5.33. The molecule has 3 heteroatoms. The Morgan fingerprint density at radius 1 is 0.800 bits per heavy atom. The molecule has 2 saturated heterocycles. The predicted octanol–water partition coefficient (Wildman–Crippen LogP) is 2.63. The van der Waals surface area contributed by atoms with Crippen molar-refractivity contribution in [3.05, 3.63) is 0 Å². The maximum absolute atomic E-state index is 9.81. The van der Waals surface area contributed by atoms with Crippen molar-refractivity contribution in [2.45, 2.75) is 62.9 Å². The van der Waals surface area contributed by atoms with Gasteiger partial charge in [-0.05, 0) is 76.5 Å². The zero-order chi connectivity index (χ0) is 13.6. The molecule has 4 atom stereocenters. The van der Waals surface area contributed by atoms with Crippen LogP contribution in [0.25, 0.3) is 0 Å². The third-order valence-corrected chi connectivity index (χ3v) is 6.52. The van der Waals surface area contributed by atoms with E-state index < -0.39 is 0 Å². The predicted molar refractivity (Wildman–Crippen MR) is 79.2 cm³/mol. The second-order valence-corrected chi connectivity index (χ2v) is 7.42. The maximum atomic E-state index is 9.81. The first kappa shape index (κ1) is 13.1. The van der Waals surface area contributed by atoms with Crippen LogP contribution in [0.2, 0.25) is 0 Å². The van der Waals surface area contributed by atoms with E-state index in [1.807, 2.05) is 0 Å². The lowest BCUT2D eigenvalue weighted by atomic mass is 9.96. The summed E-state index contributed by atoms with van der Waals surface area (Å²) in [5, 5.41) is 9.81. The molecule has 4 fully saturated rings. The number of likely N-dealkylation sites (tertiary alicyclic amines) is 2. The van der Waals surface area contributed by atoms with Crippen LogP contribution in [-0.4, -0.2) is 47.6 Å². The summed E-state index contributed by atoms with van der Waals surface area (Å²) in [6.45, 7) is 4.98. The molecule has 2 aliphatic heterocycles. The average molecular weight is 273 g/mol. The zero-order valence-corrected chi connectivity index (χ0v) is 12.6. The van der Waals surface area contributed by atoms with E-state index >= 15 is 0 Å². The topological polar surface area (TPSA) is 30.3 Å². The second-order valence-electron chi connectivity index (χ2n) is 7.42. The van der Waals surface area contributed by atoms with Gasteiger partial charge in [-0.2, -0.15) is 5.26 Å². The van der Waals surface area contributed by atoms with E-state index in [1.165, 1.54) is 77.5 Å². The fourth-order valence-corrected chi connectivity index (χ4v) is 5.44. The molecule has 3 nitrogen and oxygen atoms in total. The number of rotatable bonds is 2. The normalized spacial score (nSPS) is 45.9. The number of piperidine rings is 2. The largest absolute Gasteiger partial charge is 0.300 e. The van der Waals surface area contributed by atoms with Crippen LogP contribution in [0.15, 0.2) is 0 Å². The van der Waals surface area contributed by atoms with Crippen molar-refractivity contribution in [2.24, 2.45) is 11.8 Å². The van der Waals surface area contributed by atoms with Gasteiger partial charge in [0.2, 0.25) is 0 Å². The second kappa shape index (κ2) is 5.00. The van der Waals surface area contributed by atoms with E-state index in [2.05, 4.69) is 15.9 Å². The molecule has 0 amide bonds. The zero-order valence-electron chi connectivity index (χ0n) is 12.6. The summed E-state index contributed by atoms with van der Waals surface area (Å²) in [7, 11) is 0. The lowest BCUT2D eigenvalue weighted by molar-refractivity contribution is 0.111. The summed E-state index contributed by atoms with van der Waals surface area (Å²) in [5.74, 6) is 1.38. The van der Waals surface area contributed by atoms with Gasteiger partial charge in [0.05, 0.1) is 6.07 Å². The average Bonchev–Trinajstić information content (AvgIpc) is 2.91. The minimum Gasteiger partial charge on any atom is -0.300 e. The highest BCUT2D eigenvalue weighted by Crippen LogP contribution is 2.64. The van der Waals surface area contributed by atoms with Gasteiger partial charge >= 0.3 is 0 Å². The van der Waals surface area contributed by atoms with Crippen LogP contribution >= 0.6 is 0 Å². The molecule has 4 rings (SSSR count). The van der Waals surface area contributed by atoms with E-state index in [0.29, 0.717) is 11.8 Å². The van der Waals surface area contributed by atoms with Crippen LogP contribution < -0.4 is 0 Å². The molecule has 0 aromatic heterocycles. The smallest absolute Gasteiger partial charge is 0.115 e. The summed E-state index contributed by atoms with van der Waals surface area (Å²) < 4.78 is 0. The van der Waals surface area contributed by atoms with Gasteiger partial charge in [-0.3, -0.25) is 4.90 Å². The summed E-state index contributed by atoms with van der Waals surface area (Å²) in [6.07, 6.45) is 10.8. The van der Waals surface area contributed by atoms with Crippen molar-refractivity contribution in [2.75, 3.05) is 26.2 Å². The van der Waals surface area contributed by atoms with Crippen LogP contribution in [0.1, 0.15) is 51.4 Å². The van der Waals surface area contributed by atoms with Crippen molar-refractivity contribution >= 4 is 0 Å². The Morgan fingerprint density at radius 3 is 1.90 bits per heavy atom. The molecule has 2 aliphatic carbocycles. The minimum atomic E-state index is -0.0350. The first-order valence-corrected chi connectivity index (χ1v) is 8.76. The van der Waals surface area contributed by atoms with Crippen LogP contribution in [0.4, 0.5) is 0 Å². The van der Waals surface area contributed by atoms with Gasteiger partial charge in [0, 0.05) is 6.04 Å². The molecule has 4 aliphatic rings. The molecule has 2 saturated carbocycles. The fourth-order valence-electron chi connectivity index (χ4n) is 5.44. The Morgan fingerprint density at radius 2 is 1.35 bits per heavy atom. The molecule has 0 bridgehead atoms. The maximum Gasteiger partial charge on any atom is 0.115 e. The number of hydrogen-bond acceptors (Lipinski definition) is 3. The number of hydrogen-bond donors (Lipinski definition) is 0. The summed E-state index contributed by atoms with van der Waals surface area (Å²) in [4.78, 5) is 5.28. The standard InChI is InChI=1S/C17H27N3/c18-13-17(20-9-5-2-6-10-20)15-11-14(12-16(15)17)19-7-3-1-4-8-19/h14-16H,1-12H2/t14?,15-,16+,17?. The summed E-state index contributed by atoms with van der Waals surface area (Å²) in [6, 6.07) is 3.56. The van der Waals surface area contributed by atoms with Crippen molar-refractivity contribution in [1.29, 1.82) is 5.26 Å². The molecule has 0 aromatic carbocycles. The van der Waals surface area contributed by atoms with Gasteiger partial charge in [0.25, 0.3) is 0 Å². The fraction of sp³-hybridized carbons (Fsp3) is 0.941. The van der Waals surface area contributed by atoms with E-state index in [1.54, 1.807) is 0 Å². The Bertz CT molecular complexity index is 389. The first-order chi connectivity index (χ1) is 9.86. The number of fused-ring (bicyclic) bond motifs is 1. The molecule has 2 heterocycles. The molecule has 20 heavy (non-hydrogen) atoms. The molecular formula is C17H27N3. The Kier molecular flexibility index (Phi) is 3.27. The Hall–Kier alpha value is -0.590. The molecular weight excluding hydrogens is 246 g/mol. The van der Waals surface area contributed by atoms with Gasteiger partial charge in [-0.15, -0.1) is 0 Å². The lowest BCUT2D eigenvalue weighted by Gasteiger charge is -2.37. The third kappa shape index (κ3) is 1.84. The molecule has 110 valence electrons. The highest BCUT2D eigenvalue weighted by atomic mass is 15.3. The third-order valence-electron chi connectivity index (χ3n) is 6.52. The summed E-state index contributed by atoms with van der Waals surface area (Å²) >= 11 is 0. The molecule has 0 spiro atoms. The van der Waals surface area contributed by atoms with E-state index in [4.69, 9.17) is 0 Å². The van der Waals surface area contributed by atoms with Crippen molar-refractivity contribution in [3.8, 4) is 6.07 Å². The Labute approximate surface area is 122 Å². The van der Waals surface area contributed by atoms with Crippen LogP contribution in [-0.2, 0) is 0 Å². The van der Waals surface area contributed by atoms with E-state index in [0.717, 1.165) is 6.04 Å². The van der Waals surface area contributed by atoms with Crippen molar-refractivity contribution in [1.82, 2.24) is 9.80 Å². The molecule has 2 unspecified atom stereocenters. The van der Waals surface area contributed by atoms with Gasteiger partial charge < -0.3 is 4.90 Å². The van der Waals surface area contributed by atoms with E-state index in [9.17, 15) is 5.26 Å². The molecule has 0 N–H and O–H groups in total. The monoisotopic (exact) mass is 273 g/mol. The van der Waals surface area contributed by atoms with Gasteiger partial charge in [-0.1, -0.05) is 12.8 Å². The Balaban J connectivity index is 1.41. The molecule has 0 radical (unpaired) electrons. The minimum absolute atomic E-state index is 0.0350. The summed E-state index contributed by atoms with van der Waals surface area (Å²) in [5.41, 5.74) is -0.0350. The van der Waals surface area contributed by atoms with Crippen LogP contribution in [0, 0.1) is 23.2 Å². The number of nitriles is 1. The number of nitrogens with zero attached hydrogens (tertiary/aromatic N) is 3. The highest BCUT2D eigenvalue weighted by Gasteiger charge is 2.71. The van der Waals surface area contributed by atoms with Crippen LogP contribution in [0.5, 0.6) is 0 Å². The van der Waals surface area contributed by atoms with Crippen LogP contribution in [0.3, 0.4) is 0 Å². The van der Waals surface area contributed by atoms with Gasteiger partial charge in [0.15, 0.2) is 0 Å². The van der Waals surface area contributed by atoms with Crippen molar-refractivity contribution < 1.29 is 0 Å². The van der Waals surface area contributed by atoms with E-state index in [-0.39, 0.29) is 5.54 Å². The lowest BCUT2D eigenvalue weighted by Crippen LogP contribution is -2.46. The van der Waals surface area contributed by atoms with Gasteiger partial charge in [0.1, 0.15) is 5.54 Å². The van der Waals surface area contributed by atoms with Crippen molar-refractivity contribution in [3.63, 3.8) is 0 Å².